The van der Waals surface area contributed by atoms with Gasteiger partial charge in [0.05, 0.1) is 24.7 Å². The molecular weight excluding hydrogens is 370 g/mol. The SMILES string of the molecule is COc1c(C)c(SOOO)cc2ccc(Nc3ccc(C(=O)O)cc3)cc12. The van der Waals surface area contributed by atoms with Crippen molar-refractivity contribution in [2.24, 2.45) is 0 Å². The molecule has 0 unspecified atom stereocenters. The van der Waals surface area contributed by atoms with Gasteiger partial charge in [0.15, 0.2) is 0 Å². The molecule has 0 aliphatic heterocycles. The lowest BCUT2D eigenvalue weighted by Gasteiger charge is -2.14. The van der Waals surface area contributed by atoms with E-state index in [1.165, 1.54) is 0 Å². The smallest absolute Gasteiger partial charge is 0.335 e. The van der Waals surface area contributed by atoms with Gasteiger partial charge in [0.1, 0.15) is 5.75 Å². The molecule has 0 spiro atoms. The summed E-state index contributed by atoms with van der Waals surface area (Å²) in [6, 6.07) is 14.2. The number of aromatic carboxylic acids is 1. The molecule has 3 aromatic carbocycles. The van der Waals surface area contributed by atoms with E-state index in [2.05, 4.69) is 14.7 Å². The summed E-state index contributed by atoms with van der Waals surface area (Å²) < 4.78 is 10.1. The van der Waals surface area contributed by atoms with Gasteiger partial charge in [-0.15, -0.1) is 4.33 Å². The zero-order valence-corrected chi connectivity index (χ0v) is 15.4. The van der Waals surface area contributed by atoms with Crippen molar-refractivity contribution in [1.82, 2.24) is 0 Å². The van der Waals surface area contributed by atoms with E-state index in [9.17, 15) is 4.79 Å². The fraction of sp³-hybridized carbons (Fsp3) is 0.105. The molecule has 0 aromatic heterocycles. The Kier molecular flexibility index (Phi) is 5.82. The predicted octanol–water partition coefficient (Wildman–Crippen LogP) is 5.03. The molecule has 140 valence electrons. The highest BCUT2D eigenvalue weighted by atomic mass is 32.2. The molecule has 0 atom stereocenters. The van der Waals surface area contributed by atoms with Crippen molar-refractivity contribution in [2.75, 3.05) is 12.4 Å². The second-order valence-corrected chi connectivity index (χ2v) is 6.44. The largest absolute Gasteiger partial charge is 0.496 e. The molecule has 3 aromatic rings. The van der Waals surface area contributed by atoms with E-state index in [4.69, 9.17) is 15.1 Å². The molecule has 8 heteroatoms. The molecule has 0 fully saturated rings. The number of hydrogen-bond acceptors (Lipinski definition) is 7. The van der Waals surface area contributed by atoms with Crippen LogP contribution in [0, 0.1) is 6.92 Å². The molecule has 0 radical (unpaired) electrons. The minimum absolute atomic E-state index is 0.232. The minimum atomic E-state index is -0.961. The third kappa shape index (κ3) is 4.15. The third-order valence-electron chi connectivity index (χ3n) is 4.07. The second kappa shape index (κ2) is 8.28. The molecule has 0 aliphatic rings. The zero-order valence-electron chi connectivity index (χ0n) is 14.6. The highest BCUT2D eigenvalue weighted by Crippen LogP contribution is 2.38. The van der Waals surface area contributed by atoms with E-state index in [0.29, 0.717) is 5.75 Å². The number of carbonyl (C=O) groups is 1. The van der Waals surface area contributed by atoms with Crippen molar-refractivity contribution < 1.29 is 29.3 Å². The summed E-state index contributed by atoms with van der Waals surface area (Å²) in [5, 5.41) is 26.1. The molecule has 0 saturated carbocycles. The van der Waals surface area contributed by atoms with E-state index >= 15 is 0 Å². The summed E-state index contributed by atoms with van der Waals surface area (Å²) in [4.78, 5) is 11.7. The predicted molar refractivity (Wildman–Crippen MR) is 103 cm³/mol. The van der Waals surface area contributed by atoms with Gasteiger partial charge in [0.2, 0.25) is 0 Å². The molecule has 3 N–H and O–H groups in total. The van der Waals surface area contributed by atoms with Crippen LogP contribution in [-0.4, -0.2) is 23.4 Å². The van der Waals surface area contributed by atoms with Gasteiger partial charge in [-0.3, -0.25) is 0 Å². The molecule has 7 nitrogen and oxygen atoms in total. The average molecular weight is 387 g/mol. The van der Waals surface area contributed by atoms with Gasteiger partial charge in [-0.25, -0.2) is 10.1 Å². The molecule has 0 heterocycles. The van der Waals surface area contributed by atoms with E-state index in [0.717, 1.165) is 44.6 Å². The number of fused-ring (bicyclic) bond motifs is 1. The van der Waals surface area contributed by atoms with Crippen molar-refractivity contribution in [1.29, 1.82) is 0 Å². The van der Waals surface area contributed by atoms with Crippen LogP contribution in [0.15, 0.2) is 53.4 Å². The Bertz CT molecular complexity index is 974. The van der Waals surface area contributed by atoms with Crippen molar-refractivity contribution in [2.45, 2.75) is 11.8 Å². The Morgan fingerprint density at radius 1 is 1.07 bits per heavy atom. The van der Waals surface area contributed by atoms with Crippen molar-refractivity contribution in [3.63, 3.8) is 0 Å². The summed E-state index contributed by atoms with van der Waals surface area (Å²) in [6.07, 6.45) is 0. The molecule has 0 saturated heterocycles. The van der Waals surface area contributed by atoms with Crippen LogP contribution in [0.25, 0.3) is 10.8 Å². The van der Waals surface area contributed by atoms with Gasteiger partial charge in [-0.05, 0) is 54.8 Å². The van der Waals surface area contributed by atoms with Crippen molar-refractivity contribution in [3.8, 4) is 5.75 Å². The standard InChI is InChI=1S/C19H17NO6S/c1-11-17(27-26-25-23)9-13-5-8-15(10-16(13)18(11)24-2)20-14-6-3-12(4-7-14)19(21)22/h3-10,20,23H,1-2H3,(H,21,22). The maximum absolute atomic E-state index is 10.9. The molecular formula is C19H17NO6S. The number of methoxy groups -OCH3 is 1. The summed E-state index contributed by atoms with van der Waals surface area (Å²) in [6.45, 7) is 1.88. The Labute approximate surface area is 159 Å². The highest BCUT2D eigenvalue weighted by molar-refractivity contribution is 7.94. The molecule has 3 rings (SSSR count). The fourth-order valence-corrected chi connectivity index (χ4v) is 3.28. The van der Waals surface area contributed by atoms with E-state index in [-0.39, 0.29) is 5.56 Å². The van der Waals surface area contributed by atoms with E-state index in [1.54, 1.807) is 31.4 Å². The number of nitrogens with one attached hydrogen (secondary N) is 1. The van der Waals surface area contributed by atoms with Gasteiger partial charge in [0.25, 0.3) is 0 Å². The highest BCUT2D eigenvalue weighted by Gasteiger charge is 2.13. The summed E-state index contributed by atoms with van der Waals surface area (Å²) in [7, 11) is 1.59. The summed E-state index contributed by atoms with van der Waals surface area (Å²) in [5.41, 5.74) is 2.68. The van der Waals surface area contributed by atoms with Crippen molar-refractivity contribution >= 4 is 40.2 Å². The number of carboxylic acid groups (broad SMARTS) is 1. The van der Waals surface area contributed by atoms with E-state index in [1.807, 2.05) is 31.2 Å². The quantitative estimate of drug-likeness (QED) is 0.295. The monoisotopic (exact) mass is 387 g/mol. The average Bonchev–Trinajstić information content (AvgIpc) is 2.67. The normalized spacial score (nSPS) is 10.8. The molecule has 27 heavy (non-hydrogen) atoms. The Hall–Kier alpha value is -2.78. The second-order valence-electron chi connectivity index (χ2n) is 5.70. The number of hydrogen-bond donors (Lipinski definition) is 3. The van der Waals surface area contributed by atoms with Crippen LogP contribution in [0.2, 0.25) is 0 Å². The lowest BCUT2D eigenvalue weighted by atomic mass is 10.0. The Morgan fingerprint density at radius 2 is 1.78 bits per heavy atom. The Morgan fingerprint density at radius 3 is 2.41 bits per heavy atom. The maximum atomic E-state index is 10.9. The van der Waals surface area contributed by atoms with Crippen LogP contribution in [0.4, 0.5) is 11.4 Å². The number of benzene rings is 3. The lowest BCUT2D eigenvalue weighted by Crippen LogP contribution is -1.97. The van der Waals surface area contributed by atoms with Crippen molar-refractivity contribution in [3.05, 3.63) is 59.7 Å². The fourth-order valence-electron chi connectivity index (χ4n) is 2.78. The first kappa shape index (κ1) is 19.0. The molecule has 0 amide bonds. The number of carboxylic acids is 1. The van der Waals surface area contributed by atoms with Crippen LogP contribution in [0.5, 0.6) is 5.75 Å². The first-order valence-electron chi connectivity index (χ1n) is 7.90. The van der Waals surface area contributed by atoms with Crippen LogP contribution < -0.4 is 10.1 Å². The lowest BCUT2D eigenvalue weighted by molar-refractivity contribution is -0.432. The van der Waals surface area contributed by atoms with Gasteiger partial charge in [-0.2, -0.15) is 0 Å². The third-order valence-corrected chi connectivity index (χ3v) is 4.81. The Balaban J connectivity index is 1.95. The molecule has 0 aliphatic carbocycles. The number of anilines is 2. The maximum Gasteiger partial charge on any atom is 0.335 e. The van der Waals surface area contributed by atoms with Gasteiger partial charge in [-0.1, -0.05) is 11.1 Å². The van der Waals surface area contributed by atoms with Gasteiger partial charge < -0.3 is 15.2 Å². The topological polar surface area (TPSA) is 97.3 Å². The first-order valence-corrected chi connectivity index (χ1v) is 8.64. The van der Waals surface area contributed by atoms with Crippen LogP contribution >= 0.6 is 12.0 Å². The van der Waals surface area contributed by atoms with E-state index < -0.39 is 5.97 Å². The first-order chi connectivity index (χ1) is 13.0. The molecule has 0 bridgehead atoms. The summed E-state index contributed by atoms with van der Waals surface area (Å²) in [5.74, 6) is -0.280. The number of ether oxygens (including phenoxy) is 1. The number of rotatable bonds is 7. The van der Waals surface area contributed by atoms with Crippen LogP contribution in [0.1, 0.15) is 15.9 Å². The van der Waals surface area contributed by atoms with Crippen LogP contribution in [-0.2, 0) is 9.37 Å². The van der Waals surface area contributed by atoms with Crippen LogP contribution in [0.3, 0.4) is 0 Å². The van der Waals surface area contributed by atoms with Gasteiger partial charge >= 0.3 is 5.97 Å². The van der Waals surface area contributed by atoms with Gasteiger partial charge in [0, 0.05) is 27.2 Å². The summed E-state index contributed by atoms with van der Waals surface area (Å²) >= 11 is 0.886. The minimum Gasteiger partial charge on any atom is -0.496 e. The zero-order chi connectivity index (χ0) is 19.4.